The molecule has 2 heterocycles. The molecule has 0 saturated carbocycles. The van der Waals surface area contributed by atoms with Crippen LogP contribution in [-0.4, -0.2) is 49.4 Å². The smallest absolute Gasteiger partial charge is 0.307 e. The number of piperidine rings is 1. The van der Waals surface area contributed by atoms with E-state index in [9.17, 15) is 18.0 Å². The van der Waals surface area contributed by atoms with Crippen LogP contribution in [0.2, 0.25) is 0 Å². The van der Waals surface area contributed by atoms with Crippen molar-refractivity contribution in [1.29, 1.82) is 0 Å². The Balaban J connectivity index is 1.95. The van der Waals surface area contributed by atoms with E-state index in [1.54, 1.807) is 44.4 Å². The number of anilines is 2. The van der Waals surface area contributed by atoms with Gasteiger partial charge in [-0.2, -0.15) is 4.31 Å². The average Bonchev–Trinajstić information content (AvgIpc) is 3.07. The summed E-state index contributed by atoms with van der Waals surface area (Å²) in [5, 5.41) is 4.58. The van der Waals surface area contributed by atoms with E-state index in [1.807, 2.05) is 0 Å². The van der Waals surface area contributed by atoms with Crippen LogP contribution in [0.5, 0.6) is 0 Å². The quantitative estimate of drug-likeness (QED) is 0.646. The number of hydrogen-bond acceptors (Lipinski definition) is 6. The van der Waals surface area contributed by atoms with Crippen molar-refractivity contribution in [2.75, 3.05) is 36.4 Å². The molecule has 0 atom stereocenters. The van der Waals surface area contributed by atoms with Crippen molar-refractivity contribution in [2.24, 2.45) is 0 Å². The third-order valence-electron chi connectivity index (χ3n) is 5.56. The van der Waals surface area contributed by atoms with Crippen molar-refractivity contribution in [3.63, 3.8) is 0 Å². The molecule has 3 rings (SSSR count). The van der Waals surface area contributed by atoms with E-state index in [2.05, 4.69) is 10.2 Å². The van der Waals surface area contributed by atoms with E-state index in [-0.39, 0.29) is 22.2 Å². The van der Waals surface area contributed by atoms with Crippen LogP contribution in [0.25, 0.3) is 0 Å². The largest absolute Gasteiger partial charge is 0.370 e. The molecule has 1 saturated heterocycles. The molecule has 0 radical (unpaired) electrons. The first kappa shape index (κ1) is 23.5. The average molecular weight is 467 g/mol. The molecule has 1 fully saturated rings. The number of carbonyl (C=O) groups is 1. The molecule has 170 valence electrons. The molecule has 1 aliphatic heterocycles. The van der Waals surface area contributed by atoms with Crippen molar-refractivity contribution in [3.8, 4) is 0 Å². The summed E-state index contributed by atoms with van der Waals surface area (Å²) in [6, 6.07) is 4.93. The Morgan fingerprint density at radius 1 is 1.16 bits per heavy atom. The number of rotatable bonds is 8. The number of amides is 1. The van der Waals surface area contributed by atoms with Crippen molar-refractivity contribution in [3.05, 3.63) is 38.9 Å². The van der Waals surface area contributed by atoms with Crippen LogP contribution in [-0.2, 0) is 21.4 Å². The molecule has 31 heavy (non-hydrogen) atoms. The summed E-state index contributed by atoms with van der Waals surface area (Å²) < 4.78 is 28.8. The SMILES string of the molecule is CCN(CC)S(=O)(=O)c1ccc(N2CCCCC2)c(NC(=O)Cn2c(C)csc2=O)c1. The molecule has 8 nitrogen and oxygen atoms in total. The van der Waals surface area contributed by atoms with Gasteiger partial charge in [0.1, 0.15) is 6.54 Å². The number of nitrogens with one attached hydrogen (secondary N) is 1. The Kier molecular flexibility index (Phi) is 7.55. The highest BCUT2D eigenvalue weighted by molar-refractivity contribution is 7.89. The monoisotopic (exact) mass is 466 g/mol. The standard InChI is InChI=1S/C21H30N4O4S2/c1-4-24(5-2)31(28,29)17-9-10-19(23-11-7-6-8-12-23)18(13-17)22-20(26)14-25-16(3)15-30-21(25)27/h9-10,13,15H,4-8,11-12,14H2,1-3H3,(H,22,26). The van der Waals surface area contributed by atoms with Gasteiger partial charge >= 0.3 is 4.87 Å². The number of thiazole rings is 1. The number of carbonyl (C=O) groups excluding carboxylic acids is 1. The summed E-state index contributed by atoms with van der Waals surface area (Å²) >= 11 is 1.05. The van der Waals surface area contributed by atoms with Gasteiger partial charge in [-0.05, 0) is 44.4 Å². The van der Waals surface area contributed by atoms with Gasteiger partial charge < -0.3 is 10.2 Å². The first-order chi connectivity index (χ1) is 14.8. The minimum absolute atomic E-state index is 0.110. The van der Waals surface area contributed by atoms with Crippen LogP contribution in [0, 0.1) is 6.92 Å². The Hall–Kier alpha value is -2.17. The highest BCUT2D eigenvalue weighted by Gasteiger charge is 2.25. The fourth-order valence-corrected chi connectivity index (χ4v) is 6.05. The van der Waals surface area contributed by atoms with Crippen LogP contribution in [0.1, 0.15) is 38.8 Å². The molecule has 1 amide bonds. The highest BCUT2D eigenvalue weighted by Crippen LogP contribution is 2.32. The van der Waals surface area contributed by atoms with Crippen molar-refractivity contribution in [1.82, 2.24) is 8.87 Å². The summed E-state index contributed by atoms with van der Waals surface area (Å²) in [6.07, 6.45) is 3.26. The third kappa shape index (κ3) is 5.19. The zero-order chi connectivity index (χ0) is 22.6. The maximum absolute atomic E-state index is 13.0. The Morgan fingerprint density at radius 3 is 2.42 bits per heavy atom. The van der Waals surface area contributed by atoms with Gasteiger partial charge in [0.2, 0.25) is 15.9 Å². The molecule has 0 unspecified atom stereocenters. The fraction of sp³-hybridized carbons (Fsp3) is 0.524. The molecular weight excluding hydrogens is 436 g/mol. The summed E-state index contributed by atoms with van der Waals surface area (Å²) in [6.45, 7) is 7.72. The Morgan fingerprint density at radius 2 is 1.84 bits per heavy atom. The number of benzene rings is 1. The first-order valence-corrected chi connectivity index (χ1v) is 12.9. The maximum atomic E-state index is 13.0. The Labute approximate surface area is 187 Å². The van der Waals surface area contributed by atoms with Crippen molar-refractivity contribution in [2.45, 2.75) is 51.5 Å². The maximum Gasteiger partial charge on any atom is 0.307 e. The predicted octanol–water partition coefficient (Wildman–Crippen LogP) is 2.88. The highest BCUT2D eigenvalue weighted by atomic mass is 32.2. The predicted molar refractivity (Wildman–Crippen MR) is 125 cm³/mol. The van der Waals surface area contributed by atoms with Crippen LogP contribution in [0.3, 0.4) is 0 Å². The molecular formula is C21H30N4O4S2. The molecule has 0 spiro atoms. The lowest BCUT2D eigenvalue weighted by atomic mass is 10.1. The molecule has 0 aliphatic carbocycles. The topological polar surface area (TPSA) is 91.7 Å². The summed E-state index contributed by atoms with van der Waals surface area (Å²) in [5.41, 5.74) is 1.99. The second-order valence-corrected chi connectivity index (χ2v) is 10.4. The van der Waals surface area contributed by atoms with E-state index in [0.29, 0.717) is 18.8 Å². The van der Waals surface area contributed by atoms with Gasteiger partial charge in [0.15, 0.2) is 0 Å². The number of sulfonamides is 1. The zero-order valence-electron chi connectivity index (χ0n) is 18.3. The van der Waals surface area contributed by atoms with Gasteiger partial charge in [-0.15, -0.1) is 0 Å². The lowest BCUT2D eigenvalue weighted by molar-refractivity contribution is -0.116. The molecule has 2 aromatic rings. The van der Waals surface area contributed by atoms with Crippen molar-refractivity contribution < 1.29 is 13.2 Å². The third-order valence-corrected chi connectivity index (χ3v) is 8.49. The van der Waals surface area contributed by atoms with Gasteiger partial charge in [-0.25, -0.2) is 8.42 Å². The number of aryl methyl sites for hydroxylation is 1. The molecule has 10 heteroatoms. The van der Waals surface area contributed by atoms with E-state index in [1.165, 1.54) is 8.87 Å². The summed E-state index contributed by atoms with van der Waals surface area (Å²) in [7, 11) is -3.66. The lowest BCUT2D eigenvalue weighted by Gasteiger charge is -2.31. The minimum atomic E-state index is -3.66. The second-order valence-electron chi connectivity index (χ2n) is 7.59. The first-order valence-electron chi connectivity index (χ1n) is 10.6. The van der Waals surface area contributed by atoms with Gasteiger partial charge in [0.05, 0.1) is 16.3 Å². The number of nitrogens with zero attached hydrogens (tertiary/aromatic N) is 3. The van der Waals surface area contributed by atoms with Gasteiger partial charge in [0.25, 0.3) is 0 Å². The summed E-state index contributed by atoms with van der Waals surface area (Å²) in [5.74, 6) is -0.362. The van der Waals surface area contributed by atoms with Crippen LogP contribution < -0.4 is 15.1 Å². The normalized spacial score (nSPS) is 14.8. The van der Waals surface area contributed by atoms with Crippen LogP contribution >= 0.6 is 11.3 Å². The second kappa shape index (κ2) is 9.97. The number of hydrogen-bond donors (Lipinski definition) is 1. The Bertz CT molecular complexity index is 1080. The molecule has 1 aromatic carbocycles. The van der Waals surface area contributed by atoms with Crippen molar-refractivity contribution >= 4 is 38.6 Å². The van der Waals surface area contributed by atoms with E-state index in [4.69, 9.17) is 0 Å². The van der Waals surface area contributed by atoms with Crippen LogP contribution in [0.15, 0.2) is 33.3 Å². The van der Waals surface area contributed by atoms with E-state index in [0.717, 1.165) is 55.1 Å². The van der Waals surface area contributed by atoms with Crippen LogP contribution in [0.4, 0.5) is 11.4 Å². The molecule has 0 bridgehead atoms. The minimum Gasteiger partial charge on any atom is -0.370 e. The molecule has 1 aromatic heterocycles. The van der Waals surface area contributed by atoms with E-state index >= 15 is 0 Å². The van der Waals surface area contributed by atoms with E-state index < -0.39 is 10.0 Å². The zero-order valence-corrected chi connectivity index (χ0v) is 19.9. The molecule has 1 N–H and O–H groups in total. The number of aromatic nitrogens is 1. The fourth-order valence-electron chi connectivity index (χ4n) is 3.83. The van der Waals surface area contributed by atoms with Gasteiger partial charge in [0, 0.05) is 37.3 Å². The lowest BCUT2D eigenvalue weighted by Crippen LogP contribution is -2.32. The van der Waals surface area contributed by atoms with Gasteiger partial charge in [-0.1, -0.05) is 25.2 Å². The van der Waals surface area contributed by atoms with Gasteiger partial charge in [-0.3, -0.25) is 14.2 Å². The summed E-state index contributed by atoms with van der Waals surface area (Å²) in [4.78, 5) is 26.9. The molecule has 1 aliphatic rings.